The van der Waals surface area contributed by atoms with Gasteiger partial charge in [-0.15, -0.1) is 0 Å². The Kier molecular flexibility index (Phi) is 6.58. The molecule has 0 aliphatic carbocycles. The Morgan fingerprint density at radius 2 is 1.94 bits per heavy atom. The SMILES string of the molecule is CCC(CC)NC(=O)C1CN(Cc2nc(-c3ccc(OC)cc3)no2)c2ccccc2O1. The van der Waals surface area contributed by atoms with Gasteiger partial charge in [-0.2, -0.15) is 4.98 Å². The molecular weight excluding hydrogens is 408 g/mol. The lowest BCUT2D eigenvalue weighted by atomic mass is 10.1. The average molecular weight is 437 g/mol. The highest BCUT2D eigenvalue weighted by Crippen LogP contribution is 2.34. The number of para-hydroxylation sites is 2. The first-order chi connectivity index (χ1) is 15.6. The predicted molar refractivity (Wildman–Crippen MR) is 121 cm³/mol. The Hall–Kier alpha value is -3.55. The van der Waals surface area contributed by atoms with Crippen LogP contribution in [0, 0.1) is 0 Å². The summed E-state index contributed by atoms with van der Waals surface area (Å²) in [7, 11) is 1.62. The van der Waals surface area contributed by atoms with Crippen LogP contribution in [0.2, 0.25) is 0 Å². The Labute approximate surface area is 187 Å². The van der Waals surface area contributed by atoms with Gasteiger partial charge >= 0.3 is 0 Å². The zero-order valence-electron chi connectivity index (χ0n) is 18.6. The highest BCUT2D eigenvalue weighted by Gasteiger charge is 2.32. The smallest absolute Gasteiger partial charge is 0.263 e. The monoisotopic (exact) mass is 436 g/mol. The van der Waals surface area contributed by atoms with Crippen molar-refractivity contribution >= 4 is 11.6 Å². The van der Waals surface area contributed by atoms with Gasteiger partial charge in [-0.05, 0) is 49.2 Å². The van der Waals surface area contributed by atoms with E-state index in [9.17, 15) is 4.79 Å². The largest absolute Gasteiger partial charge is 0.497 e. The molecule has 1 unspecified atom stereocenters. The topological polar surface area (TPSA) is 89.7 Å². The van der Waals surface area contributed by atoms with Gasteiger partial charge in [0.15, 0.2) is 6.10 Å². The van der Waals surface area contributed by atoms with Crippen molar-refractivity contribution in [3.63, 3.8) is 0 Å². The van der Waals surface area contributed by atoms with E-state index in [1.54, 1.807) is 7.11 Å². The lowest BCUT2D eigenvalue weighted by Gasteiger charge is -2.35. The maximum absolute atomic E-state index is 12.9. The summed E-state index contributed by atoms with van der Waals surface area (Å²) in [6.45, 7) is 4.89. The second-order valence-corrected chi connectivity index (χ2v) is 7.72. The number of anilines is 1. The van der Waals surface area contributed by atoms with Gasteiger partial charge in [0, 0.05) is 11.6 Å². The maximum atomic E-state index is 12.9. The first-order valence-corrected chi connectivity index (χ1v) is 10.9. The molecule has 0 saturated heterocycles. The minimum Gasteiger partial charge on any atom is -0.497 e. The summed E-state index contributed by atoms with van der Waals surface area (Å²) in [5.41, 5.74) is 1.73. The average Bonchev–Trinajstić information content (AvgIpc) is 3.30. The molecule has 1 amide bonds. The van der Waals surface area contributed by atoms with Crippen LogP contribution in [0.4, 0.5) is 5.69 Å². The third-order valence-corrected chi connectivity index (χ3v) is 5.63. The highest BCUT2D eigenvalue weighted by molar-refractivity contribution is 5.83. The van der Waals surface area contributed by atoms with Gasteiger partial charge in [0.25, 0.3) is 5.91 Å². The fraction of sp³-hybridized carbons (Fsp3) is 0.375. The molecule has 0 spiro atoms. The Morgan fingerprint density at radius 1 is 1.19 bits per heavy atom. The van der Waals surface area contributed by atoms with Crippen molar-refractivity contribution in [2.45, 2.75) is 45.4 Å². The van der Waals surface area contributed by atoms with Crippen molar-refractivity contribution < 1.29 is 18.8 Å². The van der Waals surface area contributed by atoms with Crippen molar-refractivity contribution in [1.82, 2.24) is 15.5 Å². The Balaban J connectivity index is 1.52. The number of ether oxygens (including phenoxy) is 2. The van der Waals surface area contributed by atoms with Gasteiger partial charge in [-0.3, -0.25) is 4.79 Å². The zero-order chi connectivity index (χ0) is 22.5. The molecule has 168 valence electrons. The van der Waals surface area contributed by atoms with Gasteiger partial charge < -0.3 is 24.2 Å². The minimum absolute atomic E-state index is 0.109. The summed E-state index contributed by atoms with van der Waals surface area (Å²) in [5.74, 6) is 2.29. The number of rotatable bonds is 8. The van der Waals surface area contributed by atoms with Crippen molar-refractivity contribution in [2.24, 2.45) is 0 Å². The molecule has 2 aromatic carbocycles. The molecular formula is C24H28N4O4. The van der Waals surface area contributed by atoms with E-state index in [0.717, 1.165) is 29.8 Å². The van der Waals surface area contributed by atoms with Crippen molar-refractivity contribution in [3.8, 4) is 22.9 Å². The molecule has 3 aromatic rings. The van der Waals surface area contributed by atoms with E-state index in [1.165, 1.54) is 0 Å². The van der Waals surface area contributed by atoms with Crippen LogP contribution in [0.1, 0.15) is 32.6 Å². The highest BCUT2D eigenvalue weighted by atomic mass is 16.5. The lowest BCUT2D eigenvalue weighted by Crippen LogP contribution is -2.51. The molecule has 4 rings (SSSR count). The lowest BCUT2D eigenvalue weighted by molar-refractivity contribution is -0.128. The van der Waals surface area contributed by atoms with Crippen LogP contribution >= 0.6 is 0 Å². The van der Waals surface area contributed by atoms with Crippen LogP contribution in [-0.2, 0) is 11.3 Å². The molecule has 0 bridgehead atoms. The summed E-state index contributed by atoms with van der Waals surface area (Å²) in [4.78, 5) is 19.4. The number of aromatic nitrogens is 2. The van der Waals surface area contributed by atoms with Crippen LogP contribution in [0.5, 0.6) is 11.5 Å². The second kappa shape index (κ2) is 9.72. The van der Waals surface area contributed by atoms with E-state index in [-0.39, 0.29) is 11.9 Å². The van der Waals surface area contributed by atoms with Crippen LogP contribution in [0.3, 0.4) is 0 Å². The number of hydrogen-bond donors (Lipinski definition) is 1. The van der Waals surface area contributed by atoms with E-state index in [4.69, 9.17) is 14.0 Å². The molecule has 2 heterocycles. The predicted octanol–water partition coefficient (Wildman–Crippen LogP) is 3.82. The number of hydrogen-bond acceptors (Lipinski definition) is 7. The molecule has 0 fully saturated rings. The molecule has 1 aliphatic rings. The second-order valence-electron chi connectivity index (χ2n) is 7.72. The quantitative estimate of drug-likeness (QED) is 0.574. The number of carbonyl (C=O) groups is 1. The van der Waals surface area contributed by atoms with E-state index >= 15 is 0 Å². The van der Waals surface area contributed by atoms with Gasteiger partial charge in [-0.1, -0.05) is 31.1 Å². The number of methoxy groups -OCH3 is 1. The normalized spacial score (nSPS) is 15.2. The summed E-state index contributed by atoms with van der Waals surface area (Å²) >= 11 is 0. The number of fused-ring (bicyclic) bond motifs is 1. The number of benzene rings is 2. The van der Waals surface area contributed by atoms with Gasteiger partial charge in [0.05, 0.1) is 25.9 Å². The Morgan fingerprint density at radius 3 is 2.66 bits per heavy atom. The van der Waals surface area contributed by atoms with Crippen molar-refractivity contribution in [1.29, 1.82) is 0 Å². The third-order valence-electron chi connectivity index (χ3n) is 5.63. The summed E-state index contributed by atoms with van der Waals surface area (Å²) in [6.07, 6.45) is 1.14. The van der Waals surface area contributed by atoms with Crippen LogP contribution in [-0.4, -0.2) is 41.8 Å². The van der Waals surface area contributed by atoms with Gasteiger partial charge in [0.1, 0.15) is 11.5 Å². The van der Waals surface area contributed by atoms with E-state index in [0.29, 0.717) is 30.6 Å². The zero-order valence-corrected chi connectivity index (χ0v) is 18.6. The molecule has 0 saturated carbocycles. The molecule has 1 aromatic heterocycles. The van der Waals surface area contributed by atoms with Crippen LogP contribution in [0.25, 0.3) is 11.4 Å². The molecule has 1 aliphatic heterocycles. The van der Waals surface area contributed by atoms with E-state index in [2.05, 4.69) is 29.3 Å². The molecule has 8 heteroatoms. The fourth-order valence-electron chi connectivity index (χ4n) is 3.72. The summed E-state index contributed by atoms with van der Waals surface area (Å²) in [6, 6.07) is 15.3. The minimum atomic E-state index is -0.616. The molecule has 1 N–H and O–H groups in total. The Bertz CT molecular complexity index is 1050. The summed E-state index contributed by atoms with van der Waals surface area (Å²) in [5, 5.41) is 7.20. The van der Waals surface area contributed by atoms with E-state index < -0.39 is 6.10 Å². The standard InChI is InChI=1S/C24H28N4O4/c1-4-17(5-2)25-24(29)21-14-28(19-8-6-7-9-20(19)31-21)15-22-26-23(27-32-22)16-10-12-18(30-3)13-11-16/h6-13,17,21H,4-5,14-15H2,1-3H3,(H,25,29). The fourth-order valence-corrected chi connectivity index (χ4v) is 3.72. The number of carbonyl (C=O) groups excluding carboxylic acids is 1. The first kappa shape index (κ1) is 21.7. The van der Waals surface area contributed by atoms with E-state index in [1.807, 2.05) is 53.4 Å². The molecule has 0 radical (unpaired) electrons. The molecule has 32 heavy (non-hydrogen) atoms. The third kappa shape index (κ3) is 4.69. The van der Waals surface area contributed by atoms with Crippen molar-refractivity contribution in [3.05, 3.63) is 54.4 Å². The van der Waals surface area contributed by atoms with Crippen LogP contribution < -0.4 is 19.7 Å². The first-order valence-electron chi connectivity index (χ1n) is 10.9. The maximum Gasteiger partial charge on any atom is 0.263 e. The van der Waals surface area contributed by atoms with Crippen LogP contribution in [0.15, 0.2) is 53.1 Å². The van der Waals surface area contributed by atoms with Gasteiger partial charge in [0.2, 0.25) is 11.7 Å². The summed E-state index contributed by atoms with van der Waals surface area (Å²) < 4.78 is 16.7. The van der Waals surface area contributed by atoms with Crippen molar-refractivity contribution in [2.75, 3.05) is 18.6 Å². The van der Waals surface area contributed by atoms with Gasteiger partial charge in [-0.25, -0.2) is 0 Å². The number of amides is 1. The molecule has 1 atom stereocenters. The molecule has 8 nitrogen and oxygen atoms in total. The number of nitrogens with zero attached hydrogens (tertiary/aromatic N) is 3. The number of nitrogens with one attached hydrogen (secondary N) is 1.